The fourth-order valence-corrected chi connectivity index (χ4v) is 2.52. The molecular weight excluding hydrogens is 359 g/mol. The second-order valence-electron chi connectivity index (χ2n) is 6.13. The van der Waals surface area contributed by atoms with Crippen LogP contribution < -0.4 is 10.2 Å². The maximum Gasteiger partial charge on any atom is 0.277 e. The minimum absolute atomic E-state index is 0.237. The van der Waals surface area contributed by atoms with Gasteiger partial charge in [-0.25, -0.2) is 14.5 Å². The van der Waals surface area contributed by atoms with Crippen molar-refractivity contribution in [2.75, 3.05) is 6.61 Å². The van der Waals surface area contributed by atoms with Crippen LogP contribution in [0.2, 0.25) is 0 Å². The van der Waals surface area contributed by atoms with Crippen LogP contribution in [-0.4, -0.2) is 28.0 Å². The molecule has 7 heteroatoms. The van der Waals surface area contributed by atoms with Gasteiger partial charge in [0.15, 0.2) is 6.61 Å². The van der Waals surface area contributed by atoms with Crippen molar-refractivity contribution in [3.8, 4) is 22.7 Å². The van der Waals surface area contributed by atoms with Crippen molar-refractivity contribution in [2.24, 2.45) is 5.10 Å². The number of benzene rings is 2. The van der Waals surface area contributed by atoms with Gasteiger partial charge in [-0.3, -0.25) is 4.79 Å². The molecule has 2 aromatic carbocycles. The molecule has 0 saturated heterocycles. The van der Waals surface area contributed by atoms with Crippen LogP contribution in [-0.2, 0) is 4.79 Å². The van der Waals surface area contributed by atoms with Gasteiger partial charge in [0.1, 0.15) is 11.6 Å². The van der Waals surface area contributed by atoms with Crippen LogP contribution >= 0.6 is 0 Å². The molecule has 0 unspecified atom stereocenters. The van der Waals surface area contributed by atoms with Crippen molar-refractivity contribution in [3.63, 3.8) is 0 Å². The number of aromatic nitrogens is 2. The Morgan fingerprint density at radius 1 is 1.21 bits per heavy atom. The molecule has 0 radical (unpaired) electrons. The van der Waals surface area contributed by atoms with Crippen molar-refractivity contribution in [3.05, 3.63) is 66.6 Å². The Balaban J connectivity index is 1.85. The molecule has 28 heavy (non-hydrogen) atoms. The number of nitrogens with zero attached hydrogens (tertiary/aromatic N) is 3. The summed E-state index contributed by atoms with van der Waals surface area (Å²) in [5, 5.41) is 8.29. The van der Waals surface area contributed by atoms with Gasteiger partial charge in [-0.2, -0.15) is 10.2 Å². The van der Waals surface area contributed by atoms with Crippen LogP contribution in [0.4, 0.5) is 4.39 Å². The topological polar surface area (TPSA) is 68.5 Å². The van der Waals surface area contributed by atoms with Crippen LogP contribution in [0.15, 0.2) is 65.9 Å². The normalized spacial score (nSPS) is 11.3. The molecule has 1 amide bonds. The maximum atomic E-state index is 13.9. The van der Waals surface area contributed by atoms with Crippen LogP contribution in [0, 0.1) is 5.82 Å². The Hall–Kier alpha value is -3.48. The smallest absolute Gasteiger partial charge is 0.277 e. The van der Waals surface area contributed by atoms with E-state index < -0.39 is 5.82 Å². The third-order valence-electron chi connectivity index (χ3n) is 4.10. The van der Waals surface area contributed by atoms with E-state index in [-0.39, 0.29) is 12.5 Å². The summed E-state index contributed by atoms with van der Waals surface area (Å²) < 4.78 is 21.3. The third-order valence-corrected chi connectivity index (χ3v) is 4.10. The predicted octanol–water partition coefficient (Wildman–Crippen LogP) is 3.96. The summed E-state index contributed by atoms with van der Waals surface area (Å²) in [6.45, 7) is 3.53. The molecule has 1 aromatic heterocycles. The number of carbonyl (C=O) groups is 1. The van der Waals surface area contributed by atoms with Gasteiger partial charge in [0, 0.05) is 11.3 Å². The lowest BCUT2D eigenvalue weighted by molar-refractivity contribution is -0.123. The highest BCUT2D eigenvalue weighted by Crippen LogP contribution is 2.32. The zero-order valence-electron chi connectivity index (χ0n) is 15.7. The van der Waals surface area contributed by atoms with Gasteiger partial charge in [0.25, 0.3) is 5.91 Å². The van der Waals surface area contributed by atoms with Gasteiger partial charge < -0.3 is 4.74 Å². The lowest BCUT2D eigenvalue weighted by Gasteiger charge is -2.13. The van der Waals surface area contributed by atoms with Crippen LogP contribution in [0.5, 0.6) is 5.75 Å². The lowest BCUT2D eigenvalue weighted by atomic mass is 10.1. The Bertz CT molecular complexity index is 983. The number of carbonyl (C=O) groups excluding carboxylic acids is 1. The second-order valence-corrected chi connectivity index (χ2v) is 6.13. The molecule has 0 aliphatic heterocycles. The van der Waals surface area contributed by atoms with Crippen LogP contribution in [0.25, 0.3) is 16.9 Å². The van der Waals surface area contributed by atoms with Crippen molar-refractivity contribution in [1.29, 1.82) is 0 Å². The van der Waals surface area contributed by atoms with Crippen LogP contribution in [0.3, 0.4) is 0 Å². The molecule has 0 aliphatic carbocycles. The molecule has 0 bridgehead atoms. The first-order valence-electron chi connectivity index (χ1n) is 8.92. The van der Waals surface area contributed by atoms with Crippen molar-refractivity contribution >= 4 is 11.6 Å². The first kappa shape index (κ1) is 19.3. The Morgan fingerprint density at radius 2 is 2.00 bits per heavy atom. The van der Waals surface area contributed by atoms with E-state index in [1.807, 2.05) is 44.2 Å². The molecule has 3 aromatic rings. The van der Waals surface area contributed by atoms with Gasteiger partial charge in [-0.05, 0) is 49.7 Å². The summed E-state index contributed by atoms with van der Waals surface area (Å²) in [7, 11) is 0. The van der Waals surface area contributed by atoms with Gasteiger partial charge in [-0.15, -0.1) is 0 Å². The molecule has 144 valence electrons. The zero-order chi connectivity index (χ0) is 19.9. The number of nitrogens with one attached hydrogen (secondary N) is 1. The van der Waals surface area contributed by atoms with E-state index in [4.69, 9.17) is 4.74 Å². The number of hydrogen-bond acceptors (Lipinski definition) is 4. The molecule has 1 N–H and O–H groups in total. The van der Waals surface area contributed by atoms with Gasteiger partial charge in [0.05, 0.1) is 17.6 Å². The van der Waals surface area contributed by atoms with E-state index in [2.05, 4.69) is 15.6 Å². The quantitative estimate of drug-likeness (QED) is 0.498. The highest BCUT2D eigenvalue weighted by atomic mass is 19.1. The second kappa shape index (κ2) is 8.94. The highest BCUT2D eigenvalue weighted by molar-refractivity contribution is 5.84. The molecule has 6 nitrogen and oxygen atoms in total. The Kier molecular flexibility index (Phi) is 6.16. The van der Waals surface area contributed by atoms with Crippen molar-refractivity contribution in [2.45, 2.75) is 20.3 Å². The Morgan fingerprint density at radius 3 is 2.75 bits per heavy atom. The SMILES string of the molecule is CC/C(C)=N\NC(=O)COc1ccc(F)cc1-c1ccnn1-c1ccccc1. The number of halogens is 1. The van der Waals surface area contributed by atoms with E-state index in [9.17, 15) is 9.18 Å². The van der Waals surface area contributed by atoms with E-state index in [1.165, 1.54) is 18.2 Å². The van der Waals surface area contributed by atoms with Crippen molar-refractivity contribution in [1.82, 2.24) is 15.2 Å². The first-order chi connectivity index (χ1) is 13.6. The lowest BCUT2D eigenvalue weighted by Crippen LogP contribution is -2.25. The van der Waals surface area contributed by atoms with Gasteiger partial charge in [0.2, 0.25) is 0 Å². The van der Waals surface area contributed by atoms with Crippen LogP contribution in [0.1, 0.15) is 20.3 Å². The fraction of sp³-hybridized carbons (Fsp3) is 0.190. The third kappa shape index (κ3) is 4.62. The molecule has 0 saturated carbocycles. The molecule has 0 aliphatic rings. The zero-order valence-corrected chi connectivity index (χ0v) is 15.7. The van der Waals surface area contributed by atoms with Gasteiger partial charge >= 0.3 is 0 Å². The summed E-state index contributed by atoms with van der Waals surface area (Å²) in [5.41, 5.74) is 5.24. The molecule has 0 spiro atoms. The van der Waals surface area contributed by atoms with E-state index in [0.29, 0.717) is 17.0 Å². The number of hydrazone groups is 1. The fourth-order valence-electron chi connectivity index (χ4n) is 2.52. The average molecular weight is 380 g/mol. The number of para-hydroxylation sites is 1. The van der Waals surface area contributed by atoms with Gasteiger partial charge in [-0.1, -0.05) is 25.1 Å². The first-order valence-corrected chi connectivity index (χ1v) is 8.92. The van der Waals surface area contributed by atoms with Crippen molar-refractivity contribution < 1.29 is 13.9 Å². The number of hydrogen-bond donors (Lipinski definition) is 1. The minimum Gasteiger partial charge on any atom is -0.483 e. The van der Waals surface area contributed by atoms with E-state index in [0.717, 1.165) is 17.8 Å². The molecule has 3 rings (SSSR count). The predicted molar refractivity (Wildman–Crippen MR) is 106 cm³/mol. The molecule has 0 atom stereocenters. The largest absolute Gasteiger partial charge is 0.483 e. The summed E-state index contributed by atoms with van der Waals surface area (Å²) in [6, 6.07) is 15.4. The number of amides is 1. The average Bonchev–Trinajstić information content (AvgIpc) is 3.21. The summed E-state index contributed by atoms with van der Waals surface area (Å²) >= 11 is 0. The monoisotopic (exact) mass is 380 g/mol. The van der Waals surface area contributed by atoms with E-state index in [1.54, 1.807) is 16.9 Å². The molecule has 1 heterocycles. The number of ether oxygens (including phenoxy) is 1. The summed E-state index contributed by atoms with van der Waals surface area (Å²) in [6.07, 6.45) is 2.37. The molecular formula is C21H21FN4O2. The molecule has 0 fully saturated rings. The summed E-state index contributed by atoms with van der Waals surface area (Å²) in [5.74, 6) is -0.416. The summed E-state index contributed by atoms with van der Waals surface area (Å²) in [4.78, 5) is 12.0. The minimum atomic E-state index is -0.407. The maximum absolute atomic E-state index is 13.9. The standard InChI is InChI=1S/C21H21FN4O2/c1-3-15(2)24-25-21(27)14-28-20-10-9-16(22)13-18(20)19-11-12-23-26(19)17-7-5-4-6-8-17/h4-13H,3,14H2,1-2H3,(H,25,27)/b24-15-. The number of rotatable bonds is 7. The Labute approximate surface area is 162 Å². The van der Waals surface area contributed by atoms with E-state index >= 15 is 0 Å². The highest BCUT2D eigenvalue weighted by Gasteiger charge is 2.15.